The van der Waals surface area contributed by atoms with Crippen molar-refractivity contribution in [3.63, 3.8) is 0 Å². The van der Waals surface area contributed by atoms with Crippen LogP contribution in [0.3, 0.4) is 0 Å². The SMILES string of the molecule is Cc1cc(F)ccc1-c1cc(N2CCCC2CO)ncc1N(C)C(=O)C(C)(C)c1cccc(Cl)c1. The lowest BCUT2D eigenvalue weighted by Gasteiger charge is -2.32. The van der Waals surface area contributed by atoms with Crippen molar-refractivity contribution in [2.75, 3.05) is 30.0 Å². The number of carbonyl (C=O) groups is 1. The molecule has 0 radical (unpaired) electrons. The van der Waals surface area contributed by atoms with Gasteiger partial charge in [0.25, 0.3) is 0 Å². The molecule has 1 unspecified atom stereocenters. The first-order valence-corrected chi connectivity index (χ1v) is 12.2. The summed E-state index contributed by atoms with van der Waals surface area (Å²) in [5.74, 6) is 0.303. The van der Waals surface area contributed by atoms with E-state index < -0.39 is 5.41 Å². The number of aliphatic hydroxyl groups excluding tert-OH is 1. The van der Waals surface area contributed by atoms with Crippen molar-refractivity contribution < 1.29 is 14.3 Å². The number of carbonyl (C=O) groups excluding carboxylic acids is 1. The second kappa shape index (κ2) is 9.96. The van der Waals surface area contributed by atoms with E-state index in [-0.39, 0.29) is 24.4 Å². The van der Waals surface area contributed by atoms with E-state index in [1.807, 2.05) is 45.0 Å². The number of aromatic nitrogens is 1. The summed E-state index contributed by atoms with van der Waals surface area (Å²) in [5.41, 5.74) is 2.97. The molecule has 1 N–H and O–H groups in total. The molecular formula is C28H31ClFN3O2. The van der Waals surface area contributed by atoms with Crippen LogP contribution in [0, 0.1) is 12.7 Å². The van der Waals surface area contributed by atoms with E-state index in [0.717, 1.165) is 47.5 Å². The zero-order valence-electron chi connectivity index (χ0n) is 20.6. The van der Waals surface area contributed by atoms with E-state index in [1.165, 1.54) is 12.1 Å². The molecule has 184 valence electrons. The Morgan fingerprint density at radius 1 is 1.23 bits per heavy atom. The third kappa shape index (κ3) is 4.91. The quantitative estimate of drug-likeness (QED) is 0.473. The van der Waals surface area contributed by atoms with Crippen molar-refractivity contribution in [1.29, 1.82) is 0 Å². The lowest BCUT2D eigenvalue weighted by atomic mass is 9.83. The van der Waals surface area contributed by atoms with Gasteiger partial charge in [0.1, 0.15) is 11.6 Å². The predicted octanol–water partition coefficient (Wildman–Crippen LogP) is 5.75. The molecule has 1 amide bonds. The summed E-state index contributed by atoms with van der Waals surface area (Å²) in [5, 5.41) is 10.4. The number of anilines is 2. The molecule has 2 aromatic carbocycles. The number of amides is 1. The van der Waals surface area contributed by atoms with Gasteiger partial charge in [0.15, 0.2) is 0 Å². The highest BCUT2D eigenvalue weighted by molar-refractivity contribution is 6.30. The monoisotopic (exact) mass is 495 g/mol. The van der Waals surface area contributed by atoms with E-state index in [9.17, 15) is 14.3 Å². The third-order valence-corrected chi connectivity index (χ3v) is 7.21. The maximum Gasteiger partial charge on any atom is 0.236 e. The Bertz CT molecular complexity index is 1250. The molecule has 1 aliphatic rings. The van der Waals surface area contributed by atoms with Crippen LogP contribution < -0.4 is 9.80 Å². The molecule has 0 spiro atoms. The molecule has 1 fully saturated rings. The fourth-order valence-corrected chi connectivity index (χ4v) is 5.05. The number of aryl methyl sites for hydroxylation is 1. The molecule has 5 nitrogen and oxygen atoms in total. The molecule has 1 aromatic heterocycles. The third-order valence-electron chi connectivity index (χ3n) is 6.98. The highest BCUT2D eigenvalue weighted by Crippen LogP contribution is 2.38. The van der Waals surface area contributed by atoms with Crippen LogP contribution in [0.4, 0.5) is 15.9 Å². The Balaban J connectivity index is 1.80. The van der Waals surface area contributed by atoms with Gasteiger partial charge in [0.05, 0.1) is 29.9 Å². The summed E-state index contributed by atoms with van der Waals surface area (Å²) in [6.07, 6.45) is 3.58. The Hall–Kier alpha value is -2.96. The van der Waals surface area contributed by atoms with Gasteiger partial charge in [-0.05, 0) is 80.6 Å². The van der Waals surface area contributed by atoms with Gasteiger partial charge in [-0.1, -0.05) is 29.8 Å². The molecule has 0 saturated carbocycles. The Morgan fingerprint density at radius 2 is 2.00 bits per heavy atom. The van der Waals surface area contributed by atoms with Crippen LogP contribution in [0.15, 0.2) is 54.7 Å². The fraction of sp³-hybridized carbons (Fsp3) is 0.357. The average Bonchev–Trinajstić information content (AvgIpc) is 3.32. The van der Waals surface area contributed by atoms with E-state index in [0.29, 0.717) is 10.7 Å². The van der Waals surface area contributed by atoms with Gasteiger partial charge in [-0.25, -0.2) is 9.37 Å². The van der Waals surface area contributed by atoms with E-state index in [2.05, 4.69) is 4.90 Å². The number of hydrogen-bond donors (Lipinski definition) is 1. The highest BCUT2D eigenvalue weighted by Gasteiger charge is 2.34. The minimum absolute atomic E-state index is 0.0108. The first-order valence-electron chi connectivity index (χ1n) is 11.8. The molecule has 3 aromatic rings. The van der Waals surface area contributed by atoms with Crippen LogP contribution >= 0.6 is 11.6 Å². The van der Waals surface area contributed by atoms with Crippen molar-refractivity contribution in [3.8, 4) is 11.1 Å². The van der Waals surface area contributed by atoms with Gasteiger partial charge in [0.2, 0.25) is 5.91 Å². The minimum Gasteiger partial charge on any atom is -0.394 e. The summed E-state index contributed by atoms with van der Waals surface area (Å²) in [6, 6.07) is 13.9. The molecule has 1 saturated heterocycles. The summed E-state index contributed by atoms with van der Waals surface area (Å²) >= 11 is 6.20. The van der Waals surface area contributed by atoms with Crippen LogP contribution in [0.2, 0.25) is 5.02 Å². The number of pyridine rings is 1. The molecule has 4 rings (SSSR count). The number of likely N-dealkylation sites (N-methyl/N-ethyl adjacent to an activating group) is 1. The van der Waals surface area contributed by atoms with Crippen LogP contribution in [-0.2, 0) is 10.2 Å². The fourth-order valence-electron chi connectivity index (χ4n) is 4.86. The van der Waals surface area contributed by atoms with Gasteiger partial charge in [0, 0.05) is 24.2 Å². The molecule has 2 heterocycles. The van der Waals surface area contributed by atoms with Crippen molar-refractivity contribution >= 4 is 29.0 Å². The maximum absolute atomic E-state index is 13.9. The Morgan fingerprint density at radius 3 is 2.69 bits per heavy atom. The van der Waals surface area contributed by atoms with Crippen molar-refractivity contribution in [2.45, 2.75) is 45.1 Å². The first-order chi connectivity index (χ1) is 16.6. The smallest absolute Gasteiger partial charge is 0.236 e. The summed E-state index contributed by atoms with van der Waals surface area (Å²) in [6.45, 7) is 6.46. The largest absolute Gasteiger partial charge is 0.394 e. The van der Waals surface area contributed by atoms with Gasteiger partial charge in [-0.3, -0.25) is 4.79 Å². The summed E-state index contributed by atoms with van der Waals surface area (Å²) in [7, 11) is 1.74. The predicted molar refractivity (Wildman–Crippen MR) is 140 cm³/mol. The minimum atomic E-state index is -0.843. The topological polar surface area (TPSA) is 56.7 Å². The second-order valence-electron chi connectivity index (χ2n) is 9.69. The maximum atomic E-state index is 13.9. The summed E-state index contributed by atoms with van der Waals surface area (Å²) < 4.78 is 13.9. The van der Waals surface area contributed by atoms with Crippen molar-refractivity contribution in [1.82, 2.24) is 4.98 Å². The molecule has 0 aliphatic carbocycles. The standard InChI is InChI=1S/C28H31ClFN3O2/c1-18-13-21(30)10-11-23(18)24-15-26(33-12-6-9-22(33)17-34)31-16-25(24)32(4)27(35)28(2,3)19-7-5-8-20(29)14-19/h5,7-8,10-11,13-16,22,34H,6,9,12,17H2,1-4H3. The molecule has 0 bridgehead atoms. The van der Waals surface area contributed by atoms with Crippen molar-refractivity contribution in [2.24, 2.45) is 0 Å². The van der Waals surface area contributed by atoms with Crippen LogP contribution in [-0.4, -0.2) is 42.2 Å². The highest BCUT2D eigenvalue weighted by atomic mass is 35.5. The molecule has 7 heteroatoms. The van der Waals surface area contributed by atoms with Crippen LogP contribution in [0.5, 0.6) is 0 Å². The molecule has 1 atom stereocenters. The second-order valence-corrected chi connectivity index (χ2v) is 10.1. The van der Waals surface area contributed by atoms with Crippen LogP contribution in [0.25, 0.3) is 11.1 Å². The zero-order chi connectivity index (χ0) is 25.3. The molecule has 1 aliphatic heterocycles. The zero-order valence-corrected chi connectivity index (χ0v) is 21.3. The first kappa shape index (κ1) is 25.1. The lowest BCUT2D eigenvalue weighted by molar-refractivity contribution is -0.122. The van der Waals surface area contributed by atoms with Gasteiger partial charge < -0.3 is 14.9 Å². The number of aliphatic hydroxyl groups is 1. The molecular weight excluding hydrogens is 465 g/mol. The van der Waals surface area contributed by atoms with E-state index in [4.69, 9.17) is 16.6 Å². The van der Waals surface area contributed by atoms with Gasteiger partial charge >= 0.3 is 0 Å². The number of hydrogen-bond acceptors (Lipinski definition) is 4. The summed E-state index contributed by atoms with van der Waals surface area (Å²) in [4.78, 5) is 22.2. The van der Waals surface area contributed by atoms with Crippen molar-refractivity contribution in [3.05, 3.63) is 76.7 Å². The average molecular weight is 496 g/mol. The number of rotatable bonds is 6. The van der Waals surface area contributed by atoms with E-state index in [1.54, 1.807) is 30.3 Å². The number of halogens is 2. The number of nitrogens with zero attached hydrogens (tertiary/aromatic N) is 3. The van der Waals surface area contributed by atoms with Gasteiger partial charge in [-0.15, -0.1) is 0 Å². The van der Waals surface area contributed by atoms with Crippen LogP contribution in [0.1, 0.15) is 37.8 Å². The lowest BCUT2D eigenvalue weighted by Crippen LogP contribution is -2.42. The normalized spacial score (nSPS) is 16.0. The number of benzene rings is 2. The Kier molecular flexibility index (Phi) is 7.15. The van der Waals surface area contributed by atoms with Gasteiger partial charge in [-0.2, -0.15) is 0 Å². The Labute approximate surface area is 211 Å². The van der Waals surface area contributed by atoms with E-state index >= 15 is 0 Å². The molecule has 35 heavy (non-hydrogen) atoms.